The number of hydrogen-bond acceptors (Lipinski definition) is 19. The molecule has 21 nitrogen and oxygen atoms in total. The fourth-order valence-electron chi connectivity index (χ4n) is 6.84. The van der Waals surface area contributed by atoms with E-state index in [1.807, 2.05) is 27.7 Å². The van der Waals surface area contributed by atoms with Gasteiger partial charge < -0.3 is 50.1 Å². The first-order valence-electron chi connectivity index (χ1n) is 23.4. The van der Waals surface area contributed by atoms with Gasteiger partial charge in [-0.3, -0.25) is 4.79 Å². The molecule has 0 aliphatic heterocycles. The molecule has 4 atom stereocenters. The molecule has 5 aromatic rings. The molecule has 5 N–H and O–H groups in total. The Morgan fingerprint density at radius 2 is 1.01 bits per heavy atom. The zero-order valence-electron chi connectivity index (χ0n) is 44.3. The molecule has 0 spiro atoms. The van der Waals surface area contributed by atoms with E-state index in [9.17, 15) is 70.6 Å². The summed E-state index contributed by atoms with van der Waals surface area (Å²) >= 11 is 0. The van der Waals surface area contributed by atoms with E-state index in [4.69, 9.17) is 9.84 Å². The molecule has 0 saturated heterocycles. The number of aromatic hydroxyl groups is 1. The first-order valence-corrected chi connectivity index (χ1v) is 27.1. The third-order valence-corrected chi connectivity index (χ3v) is 13.3. The molecule has 0 bridgehead atoms. The van der Waals surface area contributed by atoms with Crippen molar-refractivity contribution >= 4 is 100 Å². The third-order valence-electron chi connectivity index (χ3n) is 11.0. The molecule has 2 aromatic heterocycles. The molecule has 0 fully saturated rings. The van der Waals surface area contributed by atoms with Crippen molar-refractivity contribution in [1.82, 2.24) is 19.9 Å². The van der Waals surface area contributed by atoms with Crippen LogP contribution < -0.4 is 23.6 Å². The number of benzene rings is 3. The predicted octanol–water partition coefficient (Wildman–Crippen LogP) is 2.97. The van der Waals surface area contributed by atoms with Crippen LogP contribution in [0.2, 0.25) is 0 Å². The number of nitrogens with zero attached hydrogens (tertiary/aromatic N) is 6. The van der Waals surface area contributed by atoms with Crippen molar-refractivity contribution in [3.05, 3.63) is 119 Å². The van der Waals surface area contributed by atoms with E-state index < -0.39 is 80.9 Å². The summed E-state index contributed by atoms with van der Waals surface area (Å²) in [4.78, 5) is 49.1. The maximum atomic E-state index is 13.5. The number of carboxylic acids is 2. The van der Waals surface area contributed by atoms with Gasteiger partial charge in [0.15, 0.2) is 11.5 Å². The van der Waals surface area contributed by atoms with Gasteiger partial charge in [-0.05, 0) is 78.6 Å². The summed E-state index contributed by atoms with van der Waals surface area (Å²) < 4.78 is 81.9. The minimum atomic E-state index is -3.66. The summed E-state index contributed by atoms with van der Waals surface area (Å²) in [7, 11) is -3.24. The van der Waals surface area contributed by atoms with E-state index in [1.54, 1.807) is 0 Å². The van der Waals surface area contributed by atoms with E-state index in [-0.39, 0.29) is 80.1 Å². The van der Waals surface area contributed by atoms with Gasteiger partial charge in [0, 0.05) is 79.5 Å². The SMILES string of the molecule is CC(C)c1nc(N(C)S(C)(=O)=O)nc(-c2ccc(F)cc2)c1/C=C/[C@@H](O)C[C@@H](O)CC(=O)[O-].CC(C)c1nc(N(C)S(C)(=O)=O)nc(-c2ccc(F)cc2)c1/C=C/[C@@H](O)C[C@@H](O)CC(=O)[O-].COc1cc(C=O)ccc1O.[Ca+2]. The minimum absolute atomic E-state index is 0. The van der Waals surface area contributed by atoms with Crippen molar-refractivity contribution < 1.29 is 80.5 Å². The van der Waals surface area contributed by atoms with E-state index in [1.165, 1.54) is 112 Å². The van der Waals surface area contributed by atoms with Gasteiger partial charge in [-0.1, -0.05) is 52.0 Å². The van der Waals surface area contributed by atoms with E-state index >= 15 is 0 Å². The number of aldehydes is 1. The number of ether oxygens (including phenoxy) is 1. The zero-order chi connectivity index (χ0) is 58.1. The zero-order valence-corrected chi connectivity index (χ0v) is 48.2. The van der Waals surface area contributed by atoms with Crippen LogP contribution in [-0.4, -0.2) is 176 Å². The number of methoxy groups -OCH3 is 1. The van der Waals surface area contributed by atoms with Crippen LogP contribution in [0, 0.1) is 11.6 Å². The van der Waals surface area contributed by atoms with Crippen LogP contribution in [0.3, 0.4) is 0 Å². The number of hydrogen-bond donors (Lipinski definition) is 5. The predicted molar refractivity (Wildman–Crippen MR) is 286 cm³/mol. The topological polar surface area (TPSA) is 334 Å². The van der Waals surface area contributed by atoms with Crippen LogP contribution in [0.5, 0.6) is 11.5 Å². The van der Waals surface area contributed by atoms with Crippen LogP contribution >= 0.6 is 0 Å². The summed E-state index contributed by atoms with van der Waals surface area (Å²) in [6.07, 6.45) is 1.85. The number of aliphatic carboxylic acids is 2. The Bertz CT molecular complexity index is 2940. The second-order valence-electron chi connectivity index (χ2n) is 18.0. The Hall–Kier alpha value is -6.03. The molecule has 0 aliphatic rings. The molecule has 26 heteroatoms. The average Bonchev–Trinajstić information content (AvgIpc) is 3.34. The van der Waals surface area contributed by atoms with Gasteiger partial charge in [-0.2, -0.15) is 0 Å². The molecule has 418 valence electrons. The molecular weight excluding hydrogens is 1090 g/mol. The molecule has 0 amide bonds. The van der Waals surface area contributed by atoms with Gasteiger partial charge in [0.2, 0.25) is 31.9 Å². The van der Waals surface area contributed by atoms with E-state index in [0.29, 0.717) is 62.6 Å². The number of sulfonamides is 2. The number of phenolic OH excluding ortho intramolecular Hbond substituents is 1. The number of aliphatic hydroxyl groups excluding tert-OH is 4. The Labute approximate surface area is 481 Å². The molecule has 0 unspecified atom stereocenters. The largest absolute Gasteiger partial charge is 2.00 e. The first-order chi connectivity index (χ1) is 35.9. The second kappa shape index (κ2) is 30.9. The number of carboxylic acid groups (broad SMARTS) is 2. The van der Waals surface area contributed by atoms with Gasteiger partial charge in [0.25, 0.3) is 0 Å². The van der Waals surface area contributed by atoms with Crippen molar-refractivity contribution in [3.63, 3.8) is 0 Å². The molecule has 3 aromatic carbocycles. The first kappa shape index (κ1) is 68.1. The number of phenols is 1. The molecule has 0 saturated carbocycles. The smallest absolute Gasteiger partial charge is 0.550 e. The van der Waals surface area contributed by atoms with Crippen LogP contribution in [-0.2, 0) is 29.6 Å². The number of halogens is 2. The number of anilines is 2. The third kappa shape index (κ3) is 21.3. The van der Waals surface area contributed by atoms with Gasteiger partial charge in [0.1, 0.15) is 17.9 Å². The molecule has 0 radical (unpaired) electrons. The normalized spacial score (nSPS) is 13.1. The summed E-state index contributed by atoms with van der Waals surface area (Å²) in [5.74, 6) is -3.92. The van der Waals surface area contributed by atoms with Gasteiger partial charge in [-0.15, -0.1) is 0 Å². The average molecular weight is 1150 g/mol. The standard InChI is InChI=1S/2C22H28FN3O6S.C8H8O3.Ca/c2*1-13(2)20-18(10-9-16(27)11-17(28)12-19(29)30)21(14-5-7-15(23)8-6-14)25-22(24-20)26(3)33(4,31)32;1-11-8-4-6(5-9)2-3-7(8)10;/h2*5-10,13,16-17,27-28H,11-12H2,1-4H3,(H,29,30);2-5,10H,1H3;/q;;;+2/p-2/b2*10-9+;;/t2*16-,17-;;/m11../s1. The number of rotatable bonds is 22. The summed E-state index contributed by atoms with van der Waals surface area (Å²) in [5.41, 5.74) is 4.01. The van der Waals surface area contributed by atoms with Gasteiger partial charge in [0.05, 0.1) is 66.8 Å². The maximum absolute atomic E-state index is 13.5. The number of aromatic nitrogens is 4. The van der Waals surface area contributed by atoms with Crippen LogP contribution in [0.15, 0.2) is 78.9 Å². The molecule has 78 heavy (non-hydrogen) atoms. The van der Waals surface area contributed by atoms with E-state index in [2.05, 4.69) is 19.9 Å². The van der Waals surface area contributed by atoms with Crippen molar-refractivity contribution in [2.45, 2.75) is 89.6 Å². The van der Waals surface area contributed by atoms with Crippen LogP contribution in [0.1, 0.15) is 98.1 Å². The molecule has 5 rings (SSSR count). The molecular formula is C52H62CaF2N6O15S2. The Balaban J connectivity index is 0.000000441. The van der Waals surface area contributed by atoms with Crippen LogP contribution in [0.4, 0.5) is 20.7 Å². The monoisotopic (exact) mass is 1150 g/mol. The Morgan fingerprint density at radius 1 is 0.654 bits per heavy atom. The van der Waals surface area contributed by atoms with Crippen LogP contribution in [0.25, 0.3) is 34.7 Å². The van der Waals surface area contributed by atoms with Crippen molar-refractivity contribution in [2.24, 2.45) is 0 Å². The number of aliphatic hydroxyl groups is 4. The summed E-state index contributed by atoms with van der Waals surface area (Å²) in [6, 6.07) is 15.3. The molecule has 0 aliphatic carbocycles. The number of carbonyl (C=O) groups is 3. The Morgan fingerprint density at radius 3 is 1.31 bits per heavy atom. The summed E-state index contributed by atoms with van der Waals surface area (Å²) in [5, 5.41) is 70.2. The minimum Gasteiger partial charge on any atom is -0.550 e. The quantitative estimate of drug-likeness (QED) is 0.0491. The maximum Gasteiger partial charge on any atom is 2.00 e. The fourth-order valence-corrected chi connectivity index (χ4v) is 7.60. The van der Waals surface area contributed by atoms with E-state index in [0.717, 1.165) is 21.1 Å². The summed E-state index contributed by atoms with van der Waals surface area (Å²) in [6.45, 7) is 7.38. The fraction of sp³-hybridized carbons (Fsp3) is 0.365. The number of carbonyl (C=O) groups excluding carboxylic acids is 3. The second-order valence-corrected chi connectivity index (χ2v) is 22.0. The Kier molecular flexibility index (Phi) is 27.0. The molecule has 2 heterocycles. The van der Waals surface area contributed by atoms with Gasteiger partial charge in [-0.25, -0.2) is 54.2 Å². The van der Waals surface area contributed by atoms with Crippen molar-refractivity contribution in [3.8, 4) is 34.0 Å². The van der Waals surface area contributed by atoms with Gasteiger partial charge >= 0.3 is 37.7 Å². The van der Waals surface area contributed by atoms with Crippen molar-refractivity contribution in [1.29, 1.82) is 0 Å². The van der Waals surface area contributed by atoms with Crippen molar-refractivity contribution in [2.75, 3.05) is 42.3 Å².